The summed E-state index contributed by atoms with van der Waals surface area (Å²) in [5.41, 5.74) is 6.74. The molecule has 0 radical (unpaired) electrons. The van der Waals surface area contributed by atoms with Gasteiger partial charge in [-0.1, -0.05) is 0 Å². The molecule has 1 aliphatic rings. The van der Waals surface area contributed by atoms with E-state index in [0.29, 0.717) is 17.1 Å². The van der Waals surface area contributed by atoms with Crippen LogP contribution < -0.4 is 15.4 Å². The van der Waals surface area contributed by atoms with E-state index in [0.717, 1.165) is 19.5 Å². The van der Waals surface area contributed by atoms with Crippen molar-refractivity contribution in [3.63, 3.8) is 0 Å². The third-order valence-electron chi connectivity index (χ3n) is 2.69. The zero-order valence-corrected chi connectivity index (χ0v) is 8.97. The number of non-ortho nitro benzene ring substituents is 1. The summed E-state index contributed by atoms with van der Waals surface area (Å²) in [6, 6.07) is 2.83. The molecule has 1 saturated heterocycles. The van der Waals surface area contributed by atoms with Crippen LogP contribution in [0.25, 0.3) is 0 Å². The first-order chi connectivity index (χ1) is 7.63. The van der Waals surface area contributed by atoms with E-state index in [2.05, 4.69) is 0 Å². The number of ether oxygens (including phenoxy) is 1. The van der Waals surface area contributed by atoms with Crippen molar-refractivity contribution in [3.05, 3.63) is 22.2 Å². The molecule has 6 heteroatoms. The highest BCUT2D eigenvalue weighted by Crippen LogP contribution is 2.39. The summed E-state index contributed by atoms with van der Waals surface area (Å²) in [6.07, 6.45) is 1.09. The van der Waals surface area contributed by atoms with Crippen LogP contribution in [0, 0.1) is 10.1 Å². The minimum absolute atomic E-state index is 0.000185. The number of nitrogen functional groups attached to an aromatic ring is 1. The van der Waals surface area contributed by atoms with Gasteiger partial charge in [0.05, 0.1) is 23.4 Å². The van der Waals surface area contributed by atoms with E-state index in [1.54, 1.807) is 0 Å². The Kier molecular flexibility index (Phi) is 2.55. The molecule has 0 unspecified atom stereocenters. The molecule has 16 heavy (non-hydrogen) atoms. The molecule has 2 N–H and O–H groups in total. The Balaban J connectivity index is 2.49. The Morgan fingerprint density at radius 2 is 2.19 bits per heavy atom. The predicted molar refractivity (Wildman–Crippen MR) is 60.9 cm³/mol. The zero-order valence-electron chi connectivity index (χ0n) is 8.97. The standard InChI is InChI=1S/C10H13N3O3/c1-16-10-8(11)5-7(13(14)15)6-9(10)12-3-2-4-12/h5-6H,2-4,11H2,1H3. The van der Waals surface area contributed by atoms with Crippen molar-refractivity contribution < 1.29 is 9.66 Å². The average molecular weight is 223 g/mol. The summed E-state index contributed by atoms with van der Waals surface area (Å²) in [6.45, 7) is 1.77. The lowest BCUT2D eigenvalue weighted by Crippen LogP contribution is -2.37. The molecule has 0 bridgehead atoms. The highest BCUT2D eigenvalue weighted by Gasteiger charge is 2.23. The normalized spacial score (nSPS) is 14.4. The minimum atomic E-state index is -0.445. The number of methoxy groups -OCH3 is 1. The SMILES string of the molecule is COc1c(N)cc([N+](=O)[O-])cc1N1CCC1. The molecular formula is C10H13N3O3. The highest BCUT2D eigenvalue weighted by molar-refractivity contribution is 5.75. The van der Waals surface area contributed by atoms with Crippen LogP contribution in [-0.4, -0.2) is 25.1 Å². The summed E-state index contributed by atoms with van der Waals surface area (Å²) in [5, 5.41) is 10.7. The molecular weight excluding hydrogens is 210 g/mol. The number of nitro groups is 1. The van der Waals surface area contributed by atoms with E-state index in [9.17, 15) is 10.1 Å². The number of nitrogens with two attached hydrogens (primary N) is 1. The largest absolute Gasteiger partial charge is 0.492 e. The van der Waals surface area contributed by atoms with Crippen LogP contribution in [0.4, 0.5) is 17.1 Å². The highest BCUT2D eigenvalue weighted by atomic mass is 16.6. The molecule has 0 amide bonds. The second-order valence-corrected chi connectivity index (χ2v) is 3.69. The first kappa shape index (κ1) is 10.5. The van der Waals surface area contributed by atoms with Gasteiger partial charge < -0.3 is 15.4 Å². The van der Waals surface area contributed by atoms with Crippen LogP contribution in [0.3, 0.4) is 0 Å². The van der Waals surface area contributed by atoms with Gasteiger partial charge in [0.25, 0.3) is 5.69 Å². The predicted octanol–water partition coefficient (Wildman–Crippen LogP) is 1.40. The molecule has 0 saturated carbocycles. The Morgan fingerprint density at radius 1 is 1.50 bits per heavy atom. The van der Waals surface area contributed by atoms with E-state index < -0.39 is 4.92 Å². The van der Waals surface area contributed by atoms with Gasteiger partial charge in [-0.15, -0.1) is 0 Å². The number of nitro benzene ring substituents is 1. The monoisotopic (exact) mass is 223 g/mol. The van der Waals surface area contributed by atoms with Crippen molar-refractivity contribution >= 4 is 17.1 Å². The molecule has 1 aromatic carbocycles. The van der Waals surface area contributed by atoms with Crippen molar-refractivity contribution in [2.45, 2.75) is 6.42 Å². The number of rotatable bonds is 3. The Hall–Kier alpha value is -1.98. The Bertz CT molecular complexity index is 430. The summed E-state index contributed by atoms with van der Waals surface area (Å²) < 4.78 is 5.18. The maximum Gasteiger partial charge on any atom is 0.273 e. The number of hydrogen-bond donors (Lipinski definition) is 1. The van der Waals surface area contributed by atoms with Crippen LogP contribution in [0.1, 0.15) is 6.42 Å². The van der Waals surface area contributed by atoms with Gasteiger partial charge in [0.15, 0.2) is 5.75 Å². The maximum atomic E-state index is 10.7. The fourth-order valence-electron chi connectivity index (χ4n) is 1.74. The minimum Gasteiger partial charge on any atom is -0.492 e. The van der Waals surface area contributed by atoms with Gasteiger partial charge in [-0.2, -0.15) is 0 Å². The summed E-state index contributed by atoms with van der Waals surface area (Å²) in [4.78, 5) is 12.3. The molecule has 1 heterocycles. The van der Waals surface area contributed by atoms with Crippen molar-refractivity contribution in [1.82, 2.24) is 0 Å². The molecule has 2 rings (SSSR count). The van der Waals surface area contributed by atoms with Crippen molar-refractivity contribution in [2.75, 3.05) is 30.8 Å². The van der Waals surface area contributed by atoms with Gasteiger partial charge in [0, 0.05) is 25.2 Å². The molecule has 0 spiro atoms. The summed E-state index contributed by atoms with van der Waals surface area (Å²) in [5.74, 6) is 0.519. The second kappa shape index (κ2) is 3.88. The molecule has 1 aromatic rings. The number of anilines is 2. The van der Waals surface area contributed by atoms with E-state index in [4.69, 9.17) is 10.5 Å². The van der Waals surface area contributed by atoms with Crippen LogP contribution in [0.15, 0.2) is 12.1 Å². The Labute approximate surface area is 92.8 Å². The third kappa shape index (κ3) is 1.62. The fourth-order valence-corrected chi connectivity index (χ4v) is 1.74. The van der Waals surface area contributed by atoms with E-state index in [1.807, 2.05) is 4.90 Å². The van der Waals surface area contributed by atoms with Gasteiger partial charge in [0.2, 0.25) is 0 Å². The topological polar surface area (TPSA) is 81.6 Å². The first-order valence-corrected chi connectivity index (χ1v) is 5.00. The van der Waals surface area contributed by atoms with E-state index in [-0.39, 0.29) is 5.69 Å². The van der Waals surface area contributed by atoms with E-state index in [1.165, 1.54) is 19.2 Å². The van der Waals surface area contributed by atoms with Crippen LogP contribution in [-0.2, 0) is 0 Å². The smallest absolute Gasteiger partial charge is 0.273 e. The summed E-state index contributed by atoms with van der Waals surface area (Å²) in [7, 11) is 1.51. The zero-order chi connectivity index (χ0) is 11.7. The second-order valence-electron chi connectivity index (χ2n) is 3.69. The fraction of sp³-hybridized carbons (Fsp3) is 0.400. The number of benzene rings is 1. The molecule has 6 nitrogen and oxygen atoms in total. The maximum absolute atomic E-state index is 10.7. The van der Waals surface area contributed by atoms with Gasteiger partial charge in [-0.3, -0.25) is 10.1 Å². The average Bonchev–Trinajstić information content (AvgIpc) is 2.14. The molecule has 0 aliphatic carbocycles. The lowest BCUT2D eigenvalue weighted by atomic mass is 10.1. The summed E-state index contributed by atoms with van der Waals surface area (Å²) >= 11 is 0. The first-order valence-electron chi connectivity index (χ1n) is 5.00. The van der Waals surface area contributed by atoms with Crippen LogP contribution >= 0.6 is 0 Å². The molecule has 1 fully saturated rings. The molecule has 0 aromatic heterocycles. The van der Waals surface area contributed by atoms with Crippen molar-refractivity contribution in [1.29, 1.82) is 0 Å². The Morgan fingerprint density at radius 3 is 2.62 bits per heavy atom. The van der Waals surface area contributed by atoms with Gasteiger partial charge in [0.1, 0.15) is 0 Å². The van der Waals surface area contributed by atoms with Gasteiger partial charge >= 0.3 is 0 Å². The van der Waals surface area contributed by atoms with Gasteiger partial charge in [-0.05, 0) is 6.42 Å². The molecule has 86 valence electrons. The van der Waals surface area contributed by atoms with Gasteiger partial charge in [-0.25, -0.2) is 0 Å². The van der Waals surface area contributed by atoms with E-state index >= 15 is 0 Å². The lowest BCUT2D eigenvalue weighted by molar-refractivity contribution is -0.384. The molecule has 1 aliphatic heterocycles. The lowest BCUT2D eigenvalue weighted by Gasteiger charge is -2.34. The third-order valence-corrected chi connectivity index (χ3v) is 2.69. The van der Waals surface area contributed by atoms with Crippen molar-refractivity contribution in [3.8, 4) is 5.75 Å². The quantitative estimate of drug-likeness (QED) is 0.475. The van der Waals surface area contributed by atoms with Crippen LogP contribution in [0.5, 0.6) is 5.75 Å². The number of nitrogens with zero attached hydrogens (tertiary/aromatic N) is 2. The number of hydrogen-bond acceptors (Lipinski definition) is 5. The van der Waals surface area contributed by atoms with Crippen molar-refractivity contribution in [2.24, 2.45) is 0 Å². The van der Waals surface area contributed by atoms with Crippen LogP contribution in [0.2, 0.25) is 0 Å². The molecule has 0 atom stereocenters.